The van der Waals surface area contributed by atoms with Crippen molar-refractivity contribution in [3.8, 4) is 0 Å². The minimum atomic E-state index is -1.19. The van der Waals surface area contributed by atoms with Crippen molar-refractivity contribution in [2.75, 3.05) is 26.2 Å². The third kappa shape index (κ3) is 8.05. The molecule has 1 unspecified atom stereocenters. The second-order valence-electron chi connectivity index (χ2n) is 13.2. The van der Waals surface area contributed by atoms with Crippen LogP contribution < -0.4 is 5.32 Å². The summed E-state index contributed by atoms with van der Waals surface area (Å²) in [5.41, 5.74) is -0.483. The zero-order chi connectivity index (χ0) is 34.8. The van der Waals surface area contributed by atoms with Gasteiger partial charge < -0.3 is 29.7 Å². The quantitative estimate of drug-likeness (QED) is 0.0851. The summed E-state index contributed by atoms with van der Waals surface area (Å²) < 4.78 is 13.0. The van der Waals surface area contributed by atoms with Crippen molar-refractivity contribution in [3.63, 3.8) is 0 Å². The van der Waals surface area contributed by atoms with Gasteiger partial charge in [0.05, 0.1) is 24.0 Å². The molecule has 0 saturated carbocycles. The number of alkyl halides is 1. The van der Waals surface area contributed by atoms with Gasteiger partial charge in [0, 0.05) is 37.5 Å². The predicted molar refractivity (Wildman–Crippen MR) is 187 cm³/mol. The third-order valence-corrected chi connectivity index (χ3v) is 10.7. The fraction of sp³-hybridized carbons (Fsp3) is 0.622. The van der Waals surface area contributed by atoms with E-state index in [9.17, 15) is 24.3 Å². The minimum Gasteiger partial charge on any atom is -0.455 e. The molecule has 4 rings (SSSR count). The maximum Gasteiger partial charge on any atom is 0.313 e. The Morgan fingerprint density at radius 1 is 1.17 bits per heavy atom. The van der Waals surface area contributed by atoms with E-state index in [1.54, 1.807) is 28.9 Å². The summed E-state index contributed by atoms with van der Waals surface area (Å²) >= 11 is 3.75. The number of nitrogens with zero attached hydrogens (tertiary/aromatic N) is 2. The number of unbranched alkanes of at least 4 members (excludes halogenated alkanes) is 4. The highest BCUT2D eigenvalue weighted by Crippen LogP contribution is 2.60. The first-order valence-electron chi connectivity index (χ1n) is 17.4. The number of carbonyl (C=O) groups is 4. The van der Waals surface area contributed by atoms with Crippen molar-refractivity contribution >= 4 is 39.6 Å². The molecule has 0 radical (unpaired) electrons. The Bertz CT molecular complexity index is 1290. The Kier molecular flexibility index (Phi) is 13.8. The number of aliphatic hydroxyl groups excluding tert-OH is 1. The smallest absolute Gasteiger partial charge is 0.313 e. The van der Waals surface area contributed by atoms with Crippen LogP contribution >= 0.6 is 15.9 Å². The number of esters is 1. The highest BCUT2D eigenvalue weighted by atomic mass is 79.9. The highest BCUT2D eigenvalue weighted by molar-refractivity contribution is 9.09. The van der Waals surface area contributed by atoms with E-state index in [-0.39, 0.29) is 35.6 Å². The average Bonchev–Trinajstić information content (AvgIpc) is 3.67. The van der Waals surface area contributed by atoms with Gasteiger partial charge in [-0.3, -0.25) is 19.2 Å². The molecule has 2 bridgehead atoms. The summed E-state index contributed by atoms with van der Waals surface area (Å²) in [5.74, 6) is -3.06. The maximum atomic E-state index is 14.5. The molecule has 0 aromatic heterocycles. The van der Waals surface area contributed by atoms with Gasteiger partial charge in [-0.15, -0.1) is 13.2 Å². The van der Waals surface area contributed by atoms with Crippen LogP contribution in [0.5, 0.6) is 0 Å². The number of benzene rings is 1. The Labute approximate surface area is 293 Å². The lowest BCUT2D eigenvalue weighted by atomic mass is 9.70. The molecule has 3 aliphatic heterocycles. The second kappa shape index (κ2) is 17.6. The summed E-state index contributed by atoms with van der Waals surface area (Å²) in [5, 5.41) is 12.2. The molecule has 11 heteroatoms. The number of ether oxygens (including phenoxy) is 2. The largest absolute Gasteiger partial charge is 0.455 e. The average molecular weight is 731 g/mol. The zero-order valence-electron chi connectivity index (χ0n) is 28.4. The number of hydrogen-bond donors (Lipinski definition) is 2. The van der Waals surface area contributed by atoms with Crippen molar-refractivity contribution < 1.29 is 33.8 Å². The summed E-state index contributed by atoms with van der Waals surface area (Å²) in [7, 11) is 0. The van der Waals surface area contributed by atoms with Gasteiger partial charge in [0.1, 0.15) is 17.7 Å². The van der Waals surface area contributed by atoms with Crippen molar-refractivity contribution in [2.24, 2.45) is 11.8 Å². The van der Waals surface area contributed by atoms with Crippen LogP contribution in [-0.4, -0.2) is 93.5 Å². The van der Waals surface area contributed by atoms with Gasteiger partial charge in [-0.1, -0.05) is 84.6 Å². The summed E-state index contributed by atoms with van der Waals surface area (Å²) in [4.78, 5) is 59.1. The number of nitrogens with one attached hydrogen (secondary N) is 1. The number of rotatable bonds is 20. The molecule has 1 aromatic carbocycles. The minimum absolute atomic E-state index is 0.107. The van der Waals surface area contributed by atoms with Crippen molar-refractivity contribution in [2.45, 2.75) is 106 Å². The Hall–Kier alpha value is -3.02. The van der Waals surface area contributed by atoms with Crippen LogP contribution in [0.3, 0.4) is 0 Å². The summed E-state index contributed by atoms with van der Waals surface area (Å²) in [6, 6.07) is 7.79. The number of allylic oxidation sites excluding steroid dienone is 1. The van der Waals surface area contributed by atoms with E-state index in [4.69, 9.17) is 9.47 Å². The van der Waals surface area contributed by atoms with Crippen molar-refractivity contribution in [1.82, 2.24) is 15.1 Å². The summed E-state index contributed by atoms with van der Waals surface area (Å²) in [6.45, 7) is 12.7. The van der Waals surface area contributed by atoms with E-state index in [0.717, 1.165) is 25.7 Å². The van der Waals surface area contributed by atoms with Gasteiger partial charge in [0.25, 0.3) is 0 Å². The van der Waals surface area contributed by atoms with Gasteiger partial charge in [-0.05, 0) is 44.6 Å². The van der Waals surface area contributed by atoms with E-state index in [1.165, 1.54) is 0 Å². The highest BCUT2D eigenvalue weighted by Gasteiger charge is 2.77. The fourth-order valence-electron chi connectivity index (χ4n) is 7.58. The lowest BCUT2D eigenvalue weighted by molar-refractivity contribution is -0.162. The normalized spacial score (nSPS) is 26.9. The molecular formula is C37H52BrN3O7. The van der Waals surface area contributed by atoms with E-state index >= 15 is 0 Å². The van der Waals surface area contributed by atoms with Gasteiger partial charge in [0.15, 0.2) is 0 Å². The lowest BCUT2D eigenvalue weighted by Crippen LogP contribution is -2.57. The van der Waals surface area contributed by atoms with Crippen LogP contribution in [0.4, 0.5) is 0 Å². The summed E-state index contributed by atoms with van der Waals surface area (Å²) in [6.07, 6.45) is 7.72. The number of likely N-dealkylation sites (tertiary alicyclic amines) is 1. The van der Waals surface area contributed by atoms with Crippen LogP contribution in [0.2, 0.25) is 0 Å². The number of fused-ring (bicyclic) bond motifs is 1. The van der Waals surface area contributed by atoms with Crippen LogP contribution in [0, 0.1) is 11.8 Å². The second-order valence-corrected chi connectivity index (χ2v) is 14.4. The van der Waals surface area contributed by atoms with E-state index in [2.05, 4.69) is 41.3 Å². The first-order chi connectivity index (χ1) is 23.1. The van der Waals surface area contributed by atoms with Crippen LogP contribution in [0.25, 0.3) is 0 Å². The van der Waals surface area contributed by atoms with Crippen LogP contribution in [-0.2, 0) is 28.7 Å². The number of halogens is 1. The van der Waals surface area contributed by atoms with E-state index < -0.39 is 47.7 Å². The Morgan fingerprint density at radius 2 is 1.90 bits per heavy atom. The van der Waals surface area contributed by atoms with Crippen molar-refractivity contribution in [1.29, 1.82) is 0 Å². The van der Waals surface area contributed by atoms with E-state index in [1.807, 2.05) is 30.3 Å². The molecule has 264 valence electrons. The number of hydrogen-bond acceptors (Lipinski definition) is 7. The Balaban J connectivity index is 1.66. The molecule has 3 fully saturated rings. The first kappa shape index (κ1) is 37.8. The molecule has 3 aliphatic rings. The molecule has 10 nitrogen and oxygen atoms in total. The lowest BCUT2D eigenvalue weighted by Gasteiger charge is -2.37. The standard InChI is InChI=1S/C37H52BrN3O7/c1-5-8-19-28(43)39-25(4)31(26-17-13-12-14-18-26)47-36(46)29-30-34(44)41(22-15-10-11-16-23-42)33(37(30)24-27(38)32(29)48-37)35(45)40(20-7-3)21-9-6-2/h5,7,12-14,17-18,25,27,29-33,42H,1,3,6,8-11,15-16,19-24H2,2,4H3,(H,39,43)/t25-,27?,29-,30+,31-,32-,33-,37+/m0/s1. The number of carbonyl (C=O) groups excluding carboxylic acids is 4. The monoisotopic (exact) mass is 729 g/mol. The SMILES string of the molecule is C=CCCC(=O)N[C@@H](C)[C@H](OC(=O)[C@@H]1[C@H]2O[C@@]3(CC2Br)[C@H](C(=O)N(CC=C)CCCC)N(CCCCCCO)C(=O)[C@@H]13)c1ccccc1. The molecule has 3 heterocycles. The predicted octanol–water partition coefficient (Wildman–Crippen LogP) is 4.86. The van der Waals surface area contributed by atoms with Crippen LogP contribution in [0.1, 0.15) is 83.3 Å². The third-order valence-electron chi connectivity index (χ3n) is 9.83. The van der Waals surface area contributed by atoms with Gasteiger partial charge in [0.2, 0.25) is 17.7 Å². The maximum absolute atomic E-state index is 14.5. The molecule has 0 aliphatic carbocycles. The number of amides is 3. The molecule has 2 N–H and O–H groups in total. The van der Waals surface area contributed by atoms with Crippen molar-refractivity contribution in [3.05, 3.63) is 61.2 Å². The molecule has 3 saturated heterocycles. The zero-order valence-corrected chi connectivity index (χ0v) is 29.9. The first-order valence-corrected chi connectivity index (χ1v) is 18.3. The molecule has 1 aromatic rings. The fourth-order valence-corrected chi connectivity index (χ4v) is 8.52. The molecular weight excluding hydrogens is 678 g/mol. The van der Waals surface area contributed by atoms with Gasteiger partial charge in [-0.25, -0.2) is 0 Å². The Morgan fingerprint density at radius 3 is 2.56 bits per heavy atom. The topological polar surface area (TPSA) is 125 Å². The van der Waals surface area contributed by atoms with Crippen LogP contribution in [0.15, 0.2) is 55.6 Å². The van der Waals surface area contributed by atoms with E-state index in [0.29, 0.717) is 50.9 Å². The van der Waals surface area contributed by atoms with Gasteiger partial charge in [-0.2, -0.15) is 0 Å². The van der Waals surface area contributed by atoms with Gasteiger partial charge >= 0.3 is 5.97 Å². The molecule has 3 amide bonds. The molecule has 1 spiro atoms. The molecule has 48 heavy (non-hydrogen) atoms. The molecule has 8 atom stereocenters. The number of aliphatic hydroxyl groups is 1.